The van der Waals surface area contributed by atoms with Crippen molar-refractivity contribution in [2.24, 2.45) is 0 Å². The summed E-state index contributed by atoms with van der Waals surface area (Å²) in [4.78, 5) is 17.2. The molecule has 3 rings (SSSR count). The first kappa shape index (κ1) is 17.6. The number of pyridine rings is 1. The van der Waals surface area contributed by atoms with Crippen LogP contribution < -0.4 is 5.32 Å². The molecule has 0 unspecified atom stereocenters. The van der Waals surface area contributed by atoms with E-state index in [1.807, 2.05) is 30.3 Å². The zero-order chi connectivity index (χ0) is 18.6. The third kappa shape index (κ3) is 4.24. The summed E-state index contributed by atoms with van der Waals surface area (Å²) >= 11 is 0. The highest BCUT2D eigenvalue weighted by atomic mass is 19.4. The van der Waals surface area contributed by atoms with Gasteiger partial charge in [-0.15, -0.1) is 0 Å². The van der Waals surface area contributed by atoms with Crippen LogP contribution in [0.3, 0.4) is 0 Å². The molecule has 2 heterocycles. The van der Waals surface area contributed by atoms with E-state index in [1.165, 1.54) is 17.2 Å². The molecule has 0 radical (unpaired) electrons. The van der Waals surface area contributed by atoms with Gasteiger partial charge in [-0.1, -0.05) is 30.3 Å². The third-order valence-corrected chi connectivity index (χ3v) is 3.64. The van der Waals surface area contributed by atoms with Gasteiger partial charge in [-0.25, -0.2) is 0 Å². The van der Waals surface area contributed by atoms with E-state index in [9.17, 15) is 18.0 Å². The maximum Gasteiger partial charge on any atom is 0.433 e. The van der Waals surface area contributed by atoms with Crippen molar-refractivity contribution in [1.29, 1.82) is 0 Å². The quantitative estimate of drug-likeness (QED) is 0.758. The van der Waals surface area contributed by atoms with Gasteiger partial charge in [0.1, 0.15) is 5.69 Å². The average Bonchev–Trinajstić information content (AvgIpc) is 3.14. The molecule has 0 fully saturated rings. The van der Waals surface area contributed by atoms with Crippen LogP contribution in [0.5, 0.6) is 0 Å². The van der Waals surface area contributed by atoms with Gasteiger partial charge in [0.05, 0.1) is 30.5 Å². The van der Waals surface area contributed by atoms with E-state index in [4.69, 9.17) is 0 Å². The van der Waals surface area contributed by atoms with Crippen molar-refractivity contribution in [3.63, 3.8) is 0 Å². The molecule has 26 heavy (non-hydrogen) atoms. The van der Waals surface area contributed by atoms with Crippen molar-refractivity contribution >= 4 is 5.91 Å². The minimum atomic E-state index is -4.55. The first-order chi connectivity index (χ1) is 12.4. The number of nitrogens with one attached hydrogen (secondary N) is 1. The highest BCUT2D eigenvalue weighted by Crippen LogP contribution is 2.27. The van der Waals surface area contributed by atoms with Gasteiger partial charge >= 0.3 is 6.18 Å². The molecule has 0 aliphatic rings. The van der Waals surface area contributed by atoms with E-state index in [0.717, 1.165) is 23.9 Å². The largest absolute Gasteiger partial charge is 0.433 e. The van der Waals surface area contributed by atoms with Crippen LogP contribution in [0.15, 0.2) is 61.1 Å². The minimum absolute atomic E-state index is 0.0346. The van der Waals surface area contributed by atoms with Crippen molar-refractivity contribution in [2.45, 2.75) is 18.8 Å². The van der Waals surface area contributed by atoms with E-state index >= 15 is 0 Å². The average molecular weight is 361 g/mol. The third-order valence-electron chi connectivity index (χ3n) is 3.64. The molecule has 1 atom stereocenters. The topological polar surface area (TPSA) is 72.7 Å². The number of hydrogen-bond donors (Lipinski definition) is 1. The molecule has 0 saturated carbocycles. The summed E-state index contributed by atoms with van der Waals surface area (Å²) in [6.45, 7) is 0.275. The Morgan fingerprint density at radius 3 is 2.35 bits per heavy atom. The summed E-state index contributed by atoms with van der Waals surface area (Å²) in [6, 6.07) is 10.6. The van der Waals surface area contributed by atoms with Crippen LogP contribution in [0.25, 0.3) is 0 Å². The Morgan fingerprint density at radius 2 is 1.77 bits per heavy atom. The van der Waals surface area contributed by atoms with Crippen LogP contribution in [0.1, 0.15) is 27.7 Å². The normalized spacial score (nSPS) is 12.6. The molecule has 134 valence electrons. The fourth-order valence-electron chi connectivity index (χ4n) is 2.36. The molecule has 1 amide bonds. The maximum absolute atomic E-state index is 12.6. The molecule has 0 aliphatic heterocycles. The predicted molar refractivity (Wildman–Crippen MR) is 85.9 cm³/mol. The second-order valence-corrected chi connectivity index (χ2v) is 5.45. The molecule has 0 bridgehead atoms. The predicted octanol–water partition coefficient (Wildman–Crippen LogP) is 2.86. The van der Waals surface area contributed by atoms with E-state index in [1.54, 1.807) is 0 Å². The Morgan fingerprint density at radius 1 is 1.08 bits per heavy atom. The van der Waals surface area contributed by atoms with Crippen LogP contribution >= 0.6 is 0 Å². The van der Waals surface area contributed by atoms with Crippen molar-refractivity contribution in [1.82, 2.24) is 25.3 Å². The summed E-state index contributed by atoms with van der Waals surface area (Å²) in [6.07, 6.45) is -0.604. The number of rotatable bonds is 5. The number of amides is 1. The van der Waals surface area contributed by atoms with Crippen molar-refractivity contribution in [3.8, 4) is 0 Å². The van der Waals surface area contributed by atoms with Crippen LogP contribution in [0.2, 0.25) is 0 Å². The van der Waals surface area contributed by atoms with Gasteiger partial charge in [-0.05, 0) is 17.7 Å². The fourth-order valence-corrected chi connectivity index (χ4v) is 2.36. The maximum atomic E-state index is 12.6. The second kappa shape index (κ2) is 7.34. The lowest BCUT2D eigenvalue weighted by Gasteiger charge is -2.19. The lowest BCUT2D eigenvalue weighted by molar-refractivity contribution is -0.141. The van der Waals surface area contributed by atoms with Crippen LogP contribution in [-0.2, 0) is 12.7 Å². The molecule has 3 aromatic rings. The highest BCUT2D eigenvalue weighted by Gasteiger charge is 2.32. The number of carbonyl (C=O) groups is 1. The summed E-state index contributed by atoms with van der Waals surface area (Å²) in [5, 5.41) is 10.8. The molecule has 6 nitrogen and oxygen atoms in total. The number of benzene rings is 1. The van der Waals surface area contributed by atoms with Crippen molar-refractivity contribution in [3.05, 3.63) is 77.9 Å². The van der Waals surface area contributed by atoms with Crippen molar-refractivity contribution in [2.75, 3.05) is 0 Å². The van der Waals surface area contributed by atoms with Gasteiger partial charge in [0, 0.05) is 6.20 Å². The Hall–Kier alpha value is -3.23. The van der Waals surface area contributed by atoms with E-state index in [2.05, 4.69) is 20.5 Å². The lowest BCUT2D eigenvalue weighted by Crippen LogP contribution is -2.32. The molecule has 1 N–H and O–H groups in total. The van der Waals surface area contributed by atoms with Gasteiger partial charge in [0.2, 0.25) is 0 Å². The molecular formula is C17H14F3N5O. The summed E-state index contributed by atoms with van der Waals surface area (Å²) < 4.78 is 37.8. The number of carbonyl (C=O) groups excluding carboxylic acids is 1. The molecule has 0 saturated heterocycles. The SMILES string of the molecule is O=C(N[C@@H](Cn1nccn1)c1ccccc1)c1ccc(C(F)(F)F)nc1. The number of alkyl halides is 3. The molecular weight excluding hydrogens is 347 g/mol. The number of nitrogens with zero attached hydrogens (tertiary/aromatic N) is 4. The van der Waals surface area contributed by atoms with Gasteiger partial charge in [-0.2, -0.15) is 28.2 Å². The smallest absolute Gasteiger partial charge is 0.343 e. The van der Waals surface area contributed by atoms with Crippen LogP contribution in [-0.4, -0.2) is 25.9 Å². The second-order valence-electron chi connectivity index (χ2n) is 5.45. The highest BCUT2D eigenvalue weighted by molar-refractivity contribution is 5.94. The monoisotopic (exact) mass is 361 g/mol. The molecule has 1 aromatic carbocycles. The van der Waals surface area contributed by atoms with Gasteiger partial charge in [0.15, 0.2) is 0 Å². The Bertz CT molecular complexity index is 848. The molecule has 9 heteroatoms. The summed E-state index contributed by atoms with van der Waals surface area (Å²) in [7, 11) is 0. The standard InChI is InChI=1S/C17H14F3N5O/c18-17(19,20)15-7-6-13(10-21-15)16(26)24-14(11-25-22-8-9-23-25)12-4-2-1-3-5-12/h1-10,14H,11H2,(H,24,26)/t14-/m0/s1. The van der Waals surface area contributed by atoms with Crippen LogP contribution in [0, 0.1) is 0 Å². The Labute approximate surface area is 146 Å². The number of hydrogen-bond acceptors (Lipinski definition) is 4. The fraction of sp³-hybridized carbons (Fsp3) is 0.176. The first-order valence-electron chi connectivity index (χ1n) is 7.66. The van der Waals surface area contributed by atoms with E-state index in [0.29, 0.717) is 0 Å². The summed E-state index contributed by atoms with van der Waals surface area (Å²) in [5.74, 6) is -0.535. The summed E-state index contributed by atoms with van der Waals surface area (Å²) in [5.41, 5.74) is -0.195. The Balaban J connectivity index is 1.78. The molecule has 2 aromatic heterocycles. The van der Waals surface area contributed by atoms with Gasteiger partial charge in [0.25, 0.3) is 5.91 Å². The van der Waals surface area contributed by atoms with E-state index in [-0.39, 0.29) is 12.1 Å². The first-order valence-corrected chi connectivity index (χ1v) is 7.66. The van der Waals surface area contributed by atoms with Gasteiger partial charge < -0.3 is 5.32 Å². The minimum Gasteiger partial charge on any atom is -0.343 e. The van der Waals surface area contributed by atoms with E-state index < -0.39 is 23.8 Å². The zero-order valence-corrected chi connectivity index (χ0v) is 13.4. The number of aromatic nitrogens is 4. The van der Waals surface area contributed by atoms with Gasteiger partial charge in [-0.3, -0.25) is 9.78 Å². The van der Waals surface area contributed by atoms with Crippen molar-refractivity contribution < 1.29 is 18.0 Å². The lowest BCUT2D eigenvalue weighted by atomic mass is 10.1. The molecule has 0 aliphatic carbocycles. The van der Waals surface area contributed by atoms with Crippen LogP contribution in [0.4, 0.5) is 13.2 Å². The number of halogens is 3. The zero-order valence-electron chi connectivity index (χ0n) is 13.4. The molecule has 0 spiro atoms. The Kier molecular flexibility index (Phi) is 4.97.